The van der Waals surface area contributed by atoms with Crippen molar-refractivity contribution in [3.63, 3.8) is 0 Å². The zero-order chi connectivity index (χ0) is 20.5. The van der Waals surface area contributed by atoms with E-state index in [1.807, 2.05) is 13.1 Å². The lowest BCUT2D eigenvalue weighted by Crippen LogP contribution is -2.26. The first-order chi connectivity index (χ1) is 14.0. The number of nitrogens with zero attached hydrogens (tertiary/aromatic N) is 4. The van der Waals surface area contributed by atoms with Gasteiger partial charge in [-0.15, -0.1) is 0 Å². The monoisotopic (exact) mass is 403 g/mol. The molecule has 0 saturated heterocycles. The molecule has 0 spiro atoms. The number of nitriles is 1. The lowest BCUT2D eigenvalue weighted by atomic mass is 9.42. The van der Waals surface area contributed by atoms with E-state index in [1.165, 1.54) is 10.6 Å². The molecular formula is C22H26BN5S. The van der Waals surface area contributed by atoms with Gasteiger partial charge in [0, 0.05) is 48.8 Å². The molecule has 0 bridgehead atoms. The van der Waals surface area contributed by atoms with Gasteiger partial charge in [-0.05, 0) is 48.9 Å². The number of hydrogen-bond acceptors (Lipinski definition) is 5. The largest absolute Gasteiger partial charge is 0.398 e. The summed E-state index contributed by atoms with van der Waals surface area (Å²) in [6, 6.07) is 4.22. The van der Waals surface area contributed by atoms with Gasteiger partial charge >= 0.3 is 0 Å². The highest BCUT2D eigenvalue weighted by molar-refractivity contribution is 7.20. The first-order valence-corrected chi connectivity index (χ1v) is 11.0. The van der Waals surface area contributed by atoms with E-state index >= 15 is 0 Å². The first-order valence-electron chi connectivity index (χ1n) is 10.2. The molecule has 2 N–H and O–H groups in total. The first kappa shape index (κ1) is 19.7. The Kier molecular flexibility index (Phi) is 5.47. The van der Waals surface area contributed by atoms with Crippen LogP contribution in [0, 0.1) is 24.1 Å². The number of aromatic nitrogens is 2. The molecule has 0 amide bonds. The molecule has 5 nitrogen and oxygen atoms in total. The third-order valence-corrected chi connectivity index (χ3v) is 7.14. The molecule has 4 rings (SSSR count). The van der Waals surface area contributed by atoms with E-state index in [0.29, 0.717) is 11.8 Å². The second-order valence-corrected chi connectivity index (χ2v) is 9.15. The molecule has 1 aliphatic rings. The summed E-state index contributed by atoms with van der Waals surface area (Å²) in [5, 5.41) is 9.17. The van der Waals surface area contributed by atoms with Crippen LogP contribution in [0.25, 0.3) is 15.4 Å². The van der Waals surface area contributed by atoms with E-state index in [0.717, 1.165) is 52.8 Å². The van der Waals surface area contributed by atoms with Gasteiger partial charge in [-0.25, -0.2) is 10.2 Å². The molecule has 29 heavy (non-hydrogen) atoms. The fourth-order valence-electron chi connectivity index (χ4n) is 4.24. The molecule has 0 aliphatic heterocycles. The number of nitrogens with two attached hydrogens (primary N) is 1. The summed E-state index contributed by atoms with van der Waals surface area (Å²) in [4.78, 5) is 11.2. The Balaban J connectivity index is 1.51. The van der Waals surface area contributed by atoms with Crippen LogP contribution in [0.5, 0.6) is 0 Å². The van der Waals surface area contributed by atoms with E-state index in [2.05, 4.69) is 46.8 Å². The maximum Gasteiger partial charge on any atom is 0.267 e. The van der Waals surface area contributed by atoms with Gasteiger partial charge in [0.05, 0.1) is 10.6 Å². The second kappa shape index (κ2) is 8.04. The average molecular weight is 403 g/mol. The summed E-state index contributed by atoms with van der Waals surface area (Å²) in [5.41, 5.74) is 11.3. The fraction of sp³-hybridized carbons (Fsp3) is 0.409. The molecule has 1 aromatic carbocycles. The predicted octanol–water partition coefficient (Wildman–Crippen LogP) is 5.07. The van der Waals surface area contributed by atoms with Crippen LogP contribution < -0.4 is 5.73 Å². The van der Waals surface area contributed by atoms with Crippen molar-refractivity contribution in [2.24, 2.45) is 10.9 Å². The highest BCUT2D eigenvalue weighted by Gasteiger charge is 2.34. The number of aryl methyl sites for hydroxylation is 1. The van der Waals surface area contributed by atoms with Gasteiger partial charge in [-0.1, -0.05) is 30.9 Å². The third kappa shape index (κ3) is 3.82. The van der Waals surface area contributed by atoms with E-state index in [9.17, 15) is 0 Å². The summed E-state index contributed by atoms with van der Waals surface area (Å²) in [6.45, 7) is 4.34. The molecular weight excluding hydrogens is 377 g/mol. The lowest BCUT2D eigenvalue weighted by Gasteiger charge is -2.34. The van der Waals surface area contributed by atoms with Crippen LogP contribution in [0.3, 0.4) is 0 Å². The number of hydrogen-bond donors (Lipinski definition) is 1. The third-order valence-electron chi connectivity index (χ3n) is 6.09. The van der Waals surface area contributed by atoms with E-state index in [4.69, 9.17) is 16.0 Å². The summed E-state index contributed by atoms with van der Waals surface area (Å²) in [5.74, 6) is 3.65. The number of imidazole rings is 1. The van der Waals surface area contributed by atoms with Crippen molar-refractivity contribution in [2.75, 3.05) is 12.8 Å². The van der Waals surface area contributed by atoms with Gasteiger partial charge in [0.25, 0.3) is 6.71 Å². The van der Waals surface area contributed by atoms with E-state index in [1.54, 1.807) is 18.4 Å². The van der Waals surface area contributed by atoms with Crippen molar-refractivity contribution in [1.29, 1.82) is 5.26 Å². The number of anilines is 1. The van der Waals surface area contributed by atoms with Crippen molar-refractivity contribution in [3.8, 4) is 16.4 Å². The minimum absolute atomic E-state index is 0.208. The molecule has 148 valence electrons. The Labute approximate surface area is 176 Å². The molecule has 1 saturated carbocycles. The molecule has 0 radical (unpaired) electrons. The number of aliphatic imine (C=N–C) groups is 1. The molecule has 1 aliphatic carbocycles. The van der Waals surface area contributed by atoms with Crippen LogP contribution >= 0.6 is 11.3 Å². The van der Waals surface area contributed by atoms with Crippen LogP contribution in [0.15, 0.2) is 29.5 Å². The maximum absolute atomic E-state index is 9.17. The van der Waals surface area contributed by atoms with Crippen LogP contribution in [-0.4, -0.2) is 29.4 Å². The van der Waals surface area contributed by atoms with Crippen LogP contribution in [-0.2, 0) is 0 Å². The zero-order valence-electron chi connectivity index (χ0n) is 17.2. The minimum atomic E-state index is 0.208. The molecule has 3 aromatic rings. The summed E-state index contributed by atoms with van der Waals surface area (Å²) in [7, 11) is 1.76. The molecule has 0 atom stereocenters. The Morgan fingerprint density at radius 3 is 2.86 bits per heavy atom. The number of fused-ring (bicyclic) bond motifs is 1. The van der Waals surface area contributed by atoms with Crippen LogP contribution in [0.1, 0.15) is 42.5 Å². The van der Waals surface area contributed by atoms with Crippen molar-refractivity contribution in [3.05, 3.63) is 41.3 Å². The average Bonchev–Trinajstić information content (AvgIpc) is 3.23. The van der Waals surface area contributed by atoms with Crippen molar-refractivity contribution < 1.29 is 0 Å². The smallest absolute Gasteiger partial charge is 0.267 e. The van der Waals surface area contributed by atoms with Crippen molar-refractivity contribution in [2.45, 2.75) is 45.2 Å². The Morgan fingerprint density at radius 1 is 1.41 bits per heavy atom. The fourth-order valence-corrected chi connectivity index (χ4v) is 5.20. The maximum atomic E-state index is 9.17. The number of thiazole rings is 1. The number of benzene rings is 1. The van der Waals surface area contributed by atoms with Gasteiger partial charge in [-0.3, -0.25) is 9.39 Å². The topological polar surface area (TPSA) is 79.5 Å². The van der Waals surface area contributed by atoms with Gasteiger partial charge in [0.2, 0.25) is 0 Å². The Hall–Kier alpha value is -2.59. The zero-order valence-corrected chi connectivity index (χ0v) is 18.0. The number of rotatable bonds is 6. The molecule has 0 unspecified atom stereocenters. The van der Waals surface area contributed by atoms with Gasteiger partial charge in [0.15, 0.2) is 4.96 Å². The Morgan fingerprint density at radius 2 is 2.21 bits per heavy atom. The highest BCUT2D eigenvalue weighted by atomic mass is 32.1. The van der Waals surface area contributed by atoms with Crippen LogP contribution in [0.2, 0.25) is 12.6 Å². The molecule has 2 heterocycles. The van der Waals surface area contributed by atoms with Crippen LogP contribution in [0.4, 0.5) is 5.69 Å². The molecule has 7 heteroatoms. The quantitative estimate of drug-likeness (QED) is 0.354. The lowest BCUT2D eigenvalue weighted by molar-refractivity contribution is 0.283. The van der Waals surface area contributed by atoms with Gasteiger partial charge in [0.1, 0.15) is 0 Å². The molecule has 1 fully saturated rings. The summed E-state index contributed by atoms with van der Waals surface area (Å²) < 4.78 is 2.14. The standard InChI is InChI=1S/C22H26BN5S/c1-4-23(13-24)9-15-6-16(7-15)19-11-28-12-20(29-22(28)27-19)17-5-14(2)21(25)18(8-17)10-26-3/h5,8,10-12,15-16H,4,6-7,9,25H2,1-3H3. The normalized spacial score (nSPS) is 18.8. The second-order valence-electron chi connectivity index (χ2n) is 8.14. The van der Waals surface area contributed by atoms with Gasteiger partial charge < -0.3 is 5.73 Å². The van der Waals surface area contributed by atoms with E-state index < -0.39 is 0 Å². The van der Waals surface area contributed by atoms with Crippen molar-refractivity contribution >= 4 is 34.9 Å². The number of nitrogen functional groups attached to an aromatic ring is 1. The van der Waals surface area contributed by atoms with Gasteiger partial charge in [-0.2, -0.15) is 0 Å². The predicted molar refractivity (Wildman–Crippen MR) is 123 cm³/mol. The Bertz CT molecular complexity index is 1070. The van der Waals surface area contributed by atoms with Crippen molar-refractivity contribution in [1.82, 2.24) is 9.38 Å². The summed E-state index contributed by atoms with van der Waals surface area (Å²) in [6.07, 6.45) is 10.5. The van der Waals surface area contributed by atoms with E-state index in [-0.39, 0.29) is 6.71 Å². The SMILES string of the molecule is CCB(C#N)CC1CC(c2cn3cc(-c4cc(C)c(N)c(C=NC)c4)sc3n2)C1. The molecule has 2 aromatic heterocycles. The highest BCUT2D eigenvalue weighted by Crippen LogP contribution is 2.44. The minimum Gasteiger partial charge on any atom is -0.398 e. The summed E-state index contributed by atoms with van der Waals surface area (Å²) >= 11 is 1.71.